The molecule has 0 aromatic carbocycles. The number of anilines is 1. The number of nitrogens with zero attached hydrogens (tertiary/aromatic N) is 1. The maximum atomic E-state index is 11.6. The Hall–Kier alpha value is -0.900. The fourth-order valence-corrected chi connectivity index (χ4v) is 1.54. The number of hydrogen-bond acceptors (Lipinski definition) is 2. The van der Waals surface area contributed by atoms with Gasteiger partial charge in [0.1, 0.15) is 5.82 Å². The molecule has 0 bridgehead atoms. The lowest BCUT2D eigenvalue weighted by Crippen LogP contribution is -2.20. The Labute approximate surface area is 98.4 Å². The summed E-state index contributed by atoms with van der Waals surface area (Å²) in [7, 11) is 0. The first-order chi connectivity index (χ1) is 7.04. The molecular weight excluding hydrogens is 256 g/mol. The molecule has 0 aliphatic rings. The van der Waals surface area contributed by atoms with Crippen molar-refractivity contribution in [3.05, 3.63) is 22.3 Å². The third-order valence-corrected chi connectivity index (χ3v) is 2.78. The van der Waals surface area contributed by atoms with Crippen LogP contribution >= 0.6 is 15.9 Å². The average molecular weight is 271 g/mol. The second-order valence-corrected chi connectivity index (χ2v) is 4.53. The molecule has 0 aliphatic heterocycles. The fourth-order valence-electron chi connectivity index (χ4n) is 1.10. The summed E-state index contributed by atoms with van der Waals surface area (Å²) in [4.78, 5) is 15.8. The van der Waals surface area contributed by atoms with Crippen LogP contribution < -0.4 is 5.32 Å². The number of pyridine rings is 1. The average Bonchev–Trinajstić information content (AvgIpc) is 2.20. The molecule has 0 radical (unpaired) electrons. The highest BCUT2D eigenvalue weighted by atomic mass is 79.9. The summed E-state index contributed by atoms with van der Waals surface area (Å²) in [5.74, 6) is 0.689. The van der Waals surface area contributed by atoms with E-state index in [9.17, 15) is 4.79 Å². The van der Waals surface area contributed by atoms with Crippen LogP contribution in [0.15, 0.2) is 16.7 Å². The fraction of sp³-hybridized carbons (Fsp3) is 0.455. The van der Waals surface area contributed by atoms with Crippen LogP contribution in [0.25, 0.3) is 0 Å². The monoisotopic (exact) mass is 270 g/mol. The summed E-state index contributed by atoms with van der Waals surface area (Å²) in [6, 6.07) is 1.93. The van der Waals surface area contributed by atoms with E-state index in [-0.39, 0.29) is 11.8 Å². The Bertz CT molecular complexity index is 366. The first-order valence-electron chi connectivity index (χ1n) is 4.97. The van der Waals surface area contributed by atoms with Crippen LogP contribution in [0.4, 0.5) is 5.82 Å². The molecule has 15 heavy (non-hydrogen) atoms. The SMILES string of the molecule is CCC(C)C(=O)Nc1ncc(Br)cc1C. The number of aryl methyl sites for hydroxylation is 1. The lowest BCUT2D eigenvalue weighted by Gasteiger charge is -2.11. The maximum absolute atomic E-state index is 11.6. The molecule has 0 saturated heterocycles. The Kier molecular flexibility index (Phi) is 4.27. The minimum absolute atomic E-state index is 0.0230. The maximum Gasteiger partial charge on any atom is 0.228 e. The lowest BCUT2D eigenvalue weighted by molar-refractivity contribution is -0.119. The summed E-state index contributed by atoms with van der Waals surface area (Å²) < 4.78 is 0.918. The third kappa shape index (κ3) is 3.30. The van der Waals surface area contributed by atoms with Crippen LogP contribution in [-0.4, -0.2) is 10.9 Å². The van der Waals surface area contributed by atoms with Gasteiger partial charge in [-0.2, -0.15) is 0 Å². The molecule has 1 amide bonds. The molecule has 1 aromatic heterocycles. The van der Waals surface area contributed by atoms with Gasteiger partial charge in [0, 0.05) is 16.6 Å². The smallest absolute Gasteiger partial charge is 0.228 e. The van der Waals surface area contributed by atoms with Crippen LogP contribution in [0, 0.1) is 12.8 Å². The van der Waals surface area contributed by atoms with E-state index in [1.165, 1.54) is 0 Å². The second-order valence-electron chi connectivity index (χ2n) is 3.62. The van der Waals surface area contributed by atoms with Crippen molar-refractivity contribution in [2.45, 2.75) is 27.2 Å². The van der Waals surface area contributed by atoms with Crippen LogP contribution in [0.5, 0.6) is 0 Å². The summed E-state index contributed by atoms with van der Waals surface area (Å²) in [6.07, 6.45) is 2.51. The van der Waals surface area contributed by atoms with E-state index in [4.69, 9.17) is 0 Å². The van der Waals surface area contributed by atoms with E-state index < -0.39 is 0 Å². The number of amides is 1. The van der Waals surface area contributed by atoms with Crippen molar-refractivity contribution in [1.29, 1.82) is 0 Å². The highest BCUT2D eigenvalue weighted by Crippen LogP contribution is 2.17. The highest BCUT2D eigenvalue weighted by Gasteiger charge is 2.12. The zero-order chi connectivity index (χ0) is 11.4. The topological polar surface area (TPSA) is 42.0 Å². The van der Waals surface area contributed by atoms with Crippen molar-refractivity contribution in [1.82, 2.24) is 4.98 Å². The largest absolute Gasteiger partial charge is 0.310 e. The van der Waals surface area contributed by atoms with Crippen molar-refractivity contribution in [3.63, 3.8) is 0 Å². The van der Waals surface area contributed by atoms with E-state index in [1.54, 1.807) is 6.20 Å². The Balaban J connectivity index is 2.77. The lowest BCUT2D eigenvalue weighted by atomic mass is 10.1. The van der Waals surface area contributed by atoms with Gasteiger partial charge in [0.2, 0.25) is 5.91 Å². The highest BCUT2D eigenvalue weighted by molar-refractivity contribution is 9.10. The van der Waals surface area contributed by atoms with Crippen LogP contribution in [-0.2, 0) is 4.79 Å². The van der Waals surface area contributed by atoms with Crippen LogP contribution in [0.3, 0.4) is 0 Å². The number of hydrogen-bond donors (Lipinski definition) is 1. The molecule has 82 valence electrons. The van der Waals surface area contributed by atoms with Crippen molar-refractivity contribution in [3.8, 4) is 0 Å². The zero-order valence-electron chi connectivity index (χ0n) is 9.17. The predicted octanol–water partition coefficient (Wildman–Crippen LogP) is 3.14. The van der Waals surface area contributed by atoms with Gasteiger partial charge >= 0.3 is 0 Å². The summed E-state index contributed by atoms with van der Waals surface area (Å²) in [5, 5.41) is 2.82. The minimum atomic E-state index is 0.0230. The number of nitrogens with one attached hydrogen (secondary N) is 1. The van der Waals surface area contributed by atoms with Gasteiger partial charge in [-0.25, -0.2) is 4.98 Å². The predicted molar refractivity (Wildman–Crippen MR) is 64.8 cm³/mol. The molecule has 4 heteroatoms. The molecule has 3 nitrogen and oxygen atoms in total. The molecule has 1 N–H and O–H groups in total. The second kappa shape index (κ2) is 5.26. The van der Waals surface area contributed by atoms with Crippen molar-refractivity contribution in [2.75, 3.05) is 5.32 Å². The molecule has 1 aromatic rings. The Morgan fingerprint density at radius 2 is 2.33 bits per heavy atom. The van der Waals surface area contributed by atoms with E-state index in [0.717, 1.165) is 16.5 Å². The van der Waals surface area contributed by atoms with E-state index in [0.29, 0.717) is 5.82 Å². The van der Waals surface area contributed by atoms with Gasteiger partial charge in [-0.05, 0) is 40.9 Å². The van der Waals surface area contributed by atoms with Crippen molar-refractivity contribution < 1.29 is 4.79 Å². The molecule has 1 heterocycles. The molecule has 0 fully saturated rings. The molecular formula is C11H15BrN2O. The van der Waals surface area contributed by atoms with E-state index in [1.807, 2.05) is 26.8 Å². The Morgan fingerprint density at radius 3 is 2.87 bits per heavy atom. The van der Waals surface area contributed by atoms with Gasteiger partial charge in [-0.15, -0.1) is 0 Å². The summed E-state index contributed by atoms with van der Waals surface area (Å²) >= 11 is 3.33. The van der Waals surface area contributed by atoms with Crippen molar-refractivity contribution in [2.24, 2.45) is 5.92 Å². The molecule has 1 atom stereocenters. The zero-order valence-corrected chi connectivity index (χ0v) is 10.8. The van der Waals surface area contributed by atoms with Crippen LogP contribution in [0.1, 0.15) is 25.8 Å². The number of halogens is 1. The van der Waals surface area contributed by atoms with Gasteiger partial charge in [0.15, 0.2) is 0 Å². The first-order valence-corrected chi connectivity index (χ1v) is 5.77. The van der Waals surface area contributed by atoms with Crippen LogP contribution in [0.2, 0.25) is 0 Å². The summed E-state index contributed by atoms with van der Waals surface area (Å²) in [6.45, 7) is 5.82. The van der Waals surface area contributed by atoms with E-state index >= 15 is 0 Å². The minimum Gasteiger partial charge on any atom is -0.310 e. The van der Waals surface area contributed by atoms with Gasteiger partial charge in [0.05, 0.1) is 0 Å². The normalized spacial score (nSPS) is 12.3. The van der Waals surface area contributed by atoms with Crippen molar-refractivity contribution >= 4 is 27.7 Å². The molecule has 1 unspecified atom stereocenters. The molecule has 0 aliphatic carbocycles. The molecule has 0 saturated carbocycles. The van der Waals surface area contributed by atoms with Gasteiger partial charge < -0.3 is 5.32 Å². The summed E-state index contributed by atoms with van der Waals surface area (Å²) in [5.41, 5.74) is 0.959. The standard InChI is InChI=1S/C11H15BrN2O/c1-4-7(2)11(15)14-10-8(3)5-9(12)6-13-10/h5-7H,4H2,1-3H3,(H,13,14,15). The number of carbonyl (C=O) groups is 1. The van der Waals surface area contributed by atoms with E-state index in [2.05, 4.69) is 26.2 Å². The number of aromatic nitrogens is 1. The number of carbonyl (C=O) groups excluding carboxylic acids is 1. The van der Waals surface area contributed by atoms with Gasteiger partial charge in [-0.1, -0.05) is 13.8 Å². The van der Waals surface area contributed by atoms with Gasteiger partial charge in [0.25, 0.3) is 0 Å². The third-order valence-electron chi connectivity index (χ3n) is 2.35. The van der Waals surface area contributed by atoms with Gasteiger partial charge in [-0.3, -0.25) is 4.79 Å². The number of rotatable bonds is 3. The Morgan fingerprint density at radius 1 is 1.67 bits per heavy atom. The first kappa shape index (κ1) is 12.2. The quantitative estimate of drug-likeness (QED) is 0.917. The molecule has 1 rings (SSSR count). The molecule has 0 spiro atoms.